The van der Waals surface area contributed by atoms with E-state index in [1.54, 1.807) is 6.07 Å². The van der Waals surface area contributed by atoms with E-state index in [0.29, 0.717) is 12.2 Å². The molecule has 1 aromatic carbocycles. The van der Waals surface area contributed by atoms with Crippen LogP contribution in [0.3, 0.4) is 0 Å². The Labute approximate surface area is 119 Å². The summed E-state index contributed by atoms with van der Waals surface area (Å²) in [7, 11) is 0. The van der Waals surface area contributed by atoms with Crippen LogP contribution in [-0.2, 0) is 6.54 Å². The van der Waals surface area contributed by atoms with Crippen LogP contribution in [0.15, 0.2) is 35.1 Å². The summed E-state index contributed by atoms with van der Waals surface area (Å²) in [5.41, 5.74) is 3.56. The lowest BCUT2D eigenvalue weighted by Crippen LogP contribution is -2.25. The van der Waals surface area contributed by atoms with Crippen LogP contribution in [0.5, 0.6) is 0 Å². The third-order valence-electron chi connectivity index (χ3n) is 3.14. The third kappa shape index (κ3) is 3.33. The standard InChI is InChI=1S/C16H21N3O/c1-4-8-17-11-15-16(20)10-13(3)19(18-15)14-7-5-6-12(2)9-14/h5-7,9-10,17H,4,8,11H2,1-3H3. The van der Waals surface area contributed by atoms with Crippen LogP contribution < -0.4 is 10.7 Å². The molecule has 0 aliphatic rings. The van der Waals surface area contributed by atoms with Gasteiger partial charge in [-0.15, -0.1) is 0 Å². The molecule has 2 rings (SSSR count). The summed E-state index contributed by atoms with van der Waals surface area (Å²) in [5.74, 6) is 0. The summed E-state index contributed by atoms with van der Waals surface area (Å²) in [6.45, 7) is 7.45. The van der Waals surface area contributed by atoms with Crippen molar-refractivity contribution in [2.75, 3.05) is 6.54 Å². The quantitative estimate of drug-likeness (QED) is 0.849. The fraction of sp³-hybridized carbons (Fsp3) is 0.375. The van der Waals surface area contributed by atoms with E-state index in [1.807, 2.05) is 36.7 Å². The largest absolute Gasteiger partial charge is 0.311 e. The maximum atomic E-state index is 12.0. The average molecular weight is 271 g/mol. The number of rotatable bonds is 5. The molecule has 0 unspecified atom stereocenters. The molecule has 0 aliphatic carbocycles. The summed E-state index contributed by atoms with van der Waals surface area (Å²) in [6.07, 6.45) is 1.04. The van der Waals surface area contributed by atoms with E-state index in [-0.39, 0.29) is 5.43 Å². The van der Waals surface area contributed by atoms with Gasteiger partial charge in [-0.25, -0.2) is 4.68 Å². The highest BCUT2D eigenvalue weighted by atomic mass is 16.1. The summed E-state index contributed by atoms with van der Waals surface area (Å²) in [4.78, 5) is 12.0. The number of hydrogen-bond donors (Lipinski definition) is 1. The van der Waals surface area contributed by atoms with Crippen LogP contribution in [0.25, 0.3) is 5.69 Å². The van der Waals surface area contributed by atoms with Gasteiger partial charge in [0.15, 0.2) is 0 Å². The van der Waals surface area contributed by atoms with Crippen molar-refractivity contribution >= 4 is 0 Å². The van der Waals surface area contributed by atoms with Crippen LogP contribution in [0.4, 0.5) is 0 Å². The monoisotopic (exact) mass is 271 g/mol. The van der Waals surface area contributed by atoms with Gasteiger partial charge >= 0.3 is 0 Å². The molecule has 0 saturated heterocycles. The molecule has 0 saturated carbocycles. The highest BCUT2D eigenvalue weighted by Crippen LogP contribution is 2.10. The van der Waals surface area contributed by atoms with Crippen molar-refractivity contribution in [3.05, 3.63) is 57.5 Å². The van der Waals surface area contributed by atoms with Gasteiger partial charge in [0.25, 0.3) is 0 Å². The van der Waals surface area contributed by atoms with Crippen molar-refractivity contribution in [3.63, 3.8) is 0 Å². The van der Waals surface area contributed by atoms with E-state index >= 15 is 0 Å². The first-order valence-corrected chi connectivity index (χ1v) is 6.99. The molecule has 0 aliphatic heterocycles. The molecule has 4 heteroatoms. The number of hydrogen-bond acceptors (Lipinski definition) is 3. The maximum absolute atomic E-state index is 12.0. The second kappa shape index (κ2) is 6.48. The van der Waals surface area contributed by atoms with Crippen LogP contribution in [0.1, 0.15) is 30.3 Å². The summed E-state index contributed by atoms with van der Waals surface area (Å²) < 4.78 is 1.83. The lowest BCUT2D eigenvalue weighted by molar-refractivity contribution is 0.637. The minimum absolute atomic E-state index is 0.00462. The number of nitrogens with zero attached hydrogens (tertiary/aromatic N) is 2. The maximum Gasteiger partial charge on any atom is 0.204 e. The Morgan fingerprint density at radius 1 is 1.25 bits per heavy atom. The highest BCUT2D eigenvalue weighted by molar-refractivity contribution is 5.36. The van der Waals surface area contributed by atoms with Gasteiger partial charge < -0.3 is 5.32 Å². The molecular formula is C16H21N3O. The van der Waals surface area contributed by atoms with Crippen molar-refractivity contribution in [1.82, 2.24) is 15.1 Å². The van der Waals surface area contributed by atoms with Crippen molar-refractivity contribution in [2.45, 2.75) is 33.7 Å². The van der Waals surface area contributed by atoms with E-state index in [2.05, 4.69) is 23.4 Å². The van der Waals surface area contributed by atoms with Gasteiger partial charge in [0.2, 0.25) is 5.43 Å². The van der Waals surface area contributed by atoms with E-state index < -0.39 is 0 Å². The predicted octanol–water partition coefficient (Wildman–Crippen LogP) is 2.35. The molecule has 1 heterocycles. The molecule has 2 aromatic rings. The van der Waals surface area contributed by atoms with Crippen molar-refractivity contribution in [3.8, 4) is 5.69 Å². The van der Waals surface area contributed by atoms with Gasteiger partial charge in [-0.1, -0.05) is 19.1 Å². The SMILES string of the molecule is CCCNCc1nn(-c2cccc(C)c2)c(C)cc1=O. The lowest BCUT2D eigenvalue weighted by Gasteiger charge is -2.12. The fourth-order valence-corrected chi connectivity index (χ4v) is 2.11. The number of aryl methyl sites for hydroxylation is 2. The topological polar surface area (TPSA) is 46.9 Å². The average Bonchev–Trinajstić information content (AvgIpc) is 2.41. The molecular weight excluding hydrogens is 250 g/mol. The highest BCUT2D eigenvalue weighted by Gasteiger charge is 2.07. The molecule has 0 radical (unpaired) electrons. The molecule has 0 spiro atoms. The second-order valence-corrected chi connectivity index (χ2v) is 5.02. The first-order chi connectivity index (χ1) is 9.61. The summed E-state index contributed by atoms with van der Waals surface area (Å²) in [6, 6.07) is 9.76. The third-order valence-corrected chi connectivity index (χ3v) is 3.14. The van der Waals surface area contributed by atoms with Crippen LogP contribution in [-0.4, -0.2) is 16.3 Å². The molecule has 0 fully saturated rings. The van der Waals surface area contributed by atoms with E-state index in [4.69, 9.17) is 0 Å². The second-order valence-electron chi connectivity index (χ2n) is 5.02. The summed E-state index contributed by atoms with van der Waals surface area (Å²) in [5, 5.41) is 7.72. The number of nitrogens with one attached hydrogen (secondary N) is 1. The Bertz CT molecular complexity index is 646. The first-order valence-electron chi connectivity index (χ1n) is 6.99. The Balaban J connectivity index is 2.38. The molecule has 0 bridgehead atoms. The molecule has 4 nitrogen and oxygen atoms in total. The number of benzene rings is 1. The van der Waals surface area contributed by atoms with Gasteiger partial charge in [0.05, 0.1) is 5.69 Å². The van der Waals surface area contributed by atoms with E-state index in [9.17, 15) is 4.79 Å². The fourth-order valence-electron chi connectivity index (χ4n) is 2.11. The zero-order valence-corrected chi connectivity index (χ0v) is 12.3. The molecule has 0 atom stereocenters. The van der Waals surface area contributed by atoms with Crippen molar-refractivity contribution in [2.24, 2.45) is 0 Å². The number of aromatic nitrogens is 2. The normalized spacial score (nSPS) is 10.8. The van der Waals surface area contributed by atoms with Crippen molar-refractivity contribution < 1.29 is 0 Å². The predicted molar refractivity (Wildman–Crippen MR) is 81.3 cm³/mol. The zero-order chi connectivity index (χ0) is 14.5. The molecule has 1 N–H and O–H groups in total. The Morgan fingerprint density at radius 2 is 2.05 bits per heavy atom. The van der Waals surface area contributed by atoms with Crippen LogP contribution in [0.2, 0.25) is 0 Å². The first kappa shape index (κ1) is 14.5. The van der Waals surface area contributed by atoms with Crippen LogP contribution >= 0.6 is 0 Å². The van der Waals surface area contributed by atoms with E-state index in [0.717, 1.165) is 24.3 Å². The van der Waals surface area contributed by atoms with Gasteiger partial charge in [-0.2, -0.15) is 5.10 Å². The van der Waals surface area contributed by atoms with Gasteiger partial charge in [0.1, 0.15) is 5.69 Å². The molecule has 0 amide bonds. The molecule has 20 heavy (non-hydrogen) atoms. The Morgan fingerprint density at radius 3 is 2.75 bits per heavy atom. The van der Waals surface area contributed by atoms with Crippen LogP contribution in [0, 0.1) is 13.8 Å². The Kier molecular flexibility index (Phi) is 4.69. The smallest absolute Gasteiger partial charge is 0.204 e. The minimum atomic E-state index is -0.00462. The minimum Gasteiger partial charge on any atom is -0.311 e. The van der Waals surface area contributed by atoms with Crippen molar-refractivity contribution in [1.29, 1.82) is 0 Å². The summed E-state index contributed by atoms with van der Waals surface area (Å²) >= 11 is 0. The van der Waals surface area contributed by atoms with Gasteiger partial charge in [0, 0.05) is 18.3 Å². The van der Waals surface area contributed by atoms with Gasteiger partial charge in [-0.3, -0.25) is 4.79 Å². The molecule has 1 aromatic heterocycles. The van der Waals surface area contributed by atoms with Gasteiger partial charge in [-0.05, 0) is 44.5 Å². The Hall–Kier alpha value is -1.94. The zero-order valence-electron chi connectivity index (χ0n) is 12.3. The lowest BCUT2D eigenvalue weighted by atomic mass is 10.2. The molecule has 106 valence electrons. The van der Waals surface area contributed by atoms with E-state index in [1.165, 1.54) is 5.56 Å².